The summed E-state index contributed by atoms with van der Waals surface area (Å²) in [5, 5.41) is 5.44. The van der Waals surface area contributed by atoms with Crippen molar-refractivity contribution in [3.05, 3.63) is 73.8 Å². The average Bonchev–Trinajstić information content (AvgIpc) is 3.21. The Morgan fingerprint density at radius 3 is 2.61 bits per heavy atom. The molecule has 1 unspecified atom stereocenters. The van der Waals surface area contributed by atoms with Gasteiger partial charge in [-0.3, -0.25) is 0 Å². The van der Waals surface area contributed by atoms with E-state index in [4.69, 9.17) is 11.6 Å². The van der Waals surface area contributed by atoms with Gasteiger partial charge in [0.25, 0.3) is 0 Å². The van der Waals surface area contributed by atoms with Crippen molar-refractivity contribution >= 4 is 44.3 Å². The number of halogens is 2. The zero-order chi connectivity index (χ0) is 16.4. The Bertz CT molecular complexity index is 859. The third-order valence-corrected chi connectivity index (χ3v) is 6.53. The van der Waals surface area contributed by atoms with E-state index in [1.54, 1.807) is 0 Å². The summed E-state index contributed by atoms with van der Waals surface area (Å²) in [5.41, 5.74) is 0.856. The molecule has 8 heteroatoms. The molecule has 2 heterocycles. The van der Waals surface area contributed by atoms with Crippen LogP contribution in [0.1, 0.15) is 16.5 Å². The molecule has 0 aliphatic heterocycles. The molecule has 0 bridgehead atoms. The summed E-state index contributed by atoms with van der Waals surface area (Å²) in [5.74, 6) is -0.654. The van der Waals surface area contributed by atoms with Crippen LogP contribution in [0.4, 0.5) is 4.39 Å². The molecule has 1 aromatic carbocycles. The Balaban J connectivity index is 1.97. The molecule has 3 rings (SSSR count). The molecule has 3 nitrogen and oxygen atoms in total. The van der Waals surface area contributed by atoms with Gasteiger partial charge < -0.3 is 0 Å². The Morgan fingerprint density at radius 2 is 2.00 bits per heavy atom. The lowest BCUT2D eigenvalue weighted by molar-refractivity contribution is 0.572. The normalized spacial score (nSPS) is 13.1. The number of hydrogen-bond donors (Lipinski definition) is 1. The highest BCUT2D eigenvalue weighted by Gasteiger charge is 2.24. The van der Waals surface area contributed by atoms with Gasteiger partial charge in [-0.15, -0.1) is 11.3 Å². The maximum Gasteiger partial charge on any atom is 0.241 e. The maximum absolute atomic E-state index is 13.3. The second-order valence-corrected chi connectivity index (χ2v) is 8.58. The van der Waals surface area contributed by atoms with Gasteiger partial charge in [-0.25, -0.2) is 12.8 Å². The molecule has 0 spiro atoms. The second kappa shape index (κ2) is 6.70. The minimum absolute atomic E-state index is 0.0688. The first-order valence-corrected chi connectivity index (χ1v) is 10.2. The fourth-order valence-electron chi connectivity index (χ4n) is 2.05. The van der Waals surface area contributed by atoms with E-state index in [0.29, 0.717) is 0 Å². The summed E-state index contributed by atoms with van der Waals surface area (Å²) in [4.78, 5) is 0.806. The lowest BCUT2D eigenvalue weighted by atomic mass is 10.1. The highest BCUT2D eigenvalue weighted by atomic mass is 35.5. The summed E-state index contributed by atoms with van der Waals surface area (Å²) in [6.45, 7) is 0. The Kier molecular flexibility index (Phi) is 4.84. The average molecular weight is 388 g/mol. The summed E-state index contributed by atoms with van der Waals surface area (Å²) in [7, 11) is -3.84. The van der Waals surface area contributed by atoms with Crippen LogP contribution in [-0.2, 0) is 10.0 Å². The zero-order valence-electron chi connectivity index (χ0n) is 11.6. The lowest BCUT2D eigenvalue weighted by Gasteiger charge is -2.17. The fourth-order valence-corrected chi connectivity index (χ4v) is 5.09. The lowest BCUT2D eigenvalue weighted by Crippen LogP contribution is -2.28. The zero-order valence-corrected chi connectivity index (χ0v) is 14.8. The topological polar surface area (TPSA) is 46.2 Å². The van der Waals surface area contributed by atoms with Gasteiger partial charge in [-0.2, -0.15) is 16.1 Å². The van der Waals surface area contributed by atoms with Crippen LogP contribution in [0.5, 0.6) is 0 Å². The van der Waals surface area contributed by atoms with Crippen molar-refractivity contribution in [3.63, 3.8) is 0 Å². The molecule has 1 N–H and O–H groups in total. The number of thiophene rings is 2. The monoisotopic (exact) mass is 387 g/mol. The SMILES string of the molecule is O=S(=O)(NC(c1ccsc1)c1cccs1)c1ccc(F)c(Cl)c1. The molecule has 0 saturated heterocycles. The van der Waals surface area contributed by atoms with Gasteiger partial charge in [0.2, 0.25) is 10.0 Å². The number of benzene rings is 1. The first-order valence-electron chi connectivity index (χ1n) is 6.50. The highest BCUT2D eigenvalue weighted by molar-refractivity contribution is 7.89. The van der Waals surface area contributed by atoms with Crippen LogP contribution in [0.25, 0.3) is 0 Å². The predicted octanol–water partition coefficient (Wildman–Crippen LogP) is 4.67. The van der Waals surface area contributed by atoms with E-state index in [1.165, 1.54) is 28.7 Å². The molecule has 0 aliphatic carbocycles. The molecule has 120 valence electrons. The van der Waals surface area contributed by atoms with Crippen LogP contribution in [-0.4, -0.2) is 8.42 Å². The van der Waals surface area contributed by atoms with Crippen molar-refractivity contribution in [3.8, 4) is 0 Å². The van der Waals surface area contributed by atoms with Crippen LogP contribution >= 0.6 is 34.3 Å². The van der Waals surface area contributed by atoms with Gasteiger partial charge in [0, 0.05) is 4.88 Å². The van der Waals surface area contributed by atoms with E-state index >= 15 is 0 Å². The molecule has 0 saturated carbocycles. The van der Waals surface area contributed by atoms with E-state index in [2.05, 4.69) is 4.72 Å². The van der Waals surface area contributed by atoms with Crippen molar-refractivity contribution < 1.29 is 12.8 Å². The van der Waals surface area contributed by atoms with Crippen molar-refractivity contribution in [1.82, 2.24) is 4.72 Å². The van der Waals surface area contributed by atoms with Crippen LogP contribution in [0.3, 0.4) is 0 Å². The van der Waals surface area contributed by atoms with Crippen molar-refractivity contribution in [2.45, 2.75) is 10.9 Å². The molecule has 1 atom stereocenters. The first kappa shape index (κ1) is 16.6. The smallest absolute Gasteiger partial charge is 0.207 e. The van der Waals surface area contributed by atoms with E-state index < -0.39 is 21.9 Å². The predicted molar refractivity (Wildman–Crippen MR) is 92.2 cm³/mol. The van der Waals surface area contributed by atoms with Crippen molar-refractivity contribution in [2.75, 3.05) is 0 Å². The second-order valence-electron chi connectivity index (χ2n) is 4.70. The molecule has 0 aliphatic rings. The van der Waals surface area contributed by atoms with Crippen LogP contribution in [0, 0.1) is 5.82 Å². The van der Waals surface area contributed by atoms with Crippen molar-refractivity contribution in [1.29, 1.82) is 0 Å². The largest absolute Gasteiger partial charge is 0.241 e. The van der Waals surface area contributed by atoms with Gasteiger partial charge in [-0.1, -0.05) is 17.7 Å². The summed E-state index contributed by atoms with van der Waals surface area (Å²) in [6.07, 6.45) is 0. The fraction of sp³-hybridized carbons (Fsp3) is 0.0667. The molecule has 3 aromatic rings. The number of sulfonamides is 1. The summed E-state index contributed by atoms with van der Waals surface area (Å²) in [6, 6.07) is 8.46. The molecular weight excluding hydrogens is 377 g/mol. The van der Waals surface area contributed by atoms with E-state index in [9.17, 15) is 12.8 Å². The summed E-state index contributed by atoms with van der Waals surface area (Å²) >= 11 is 8.64. The number of nitrogens with one attached hydrogen (secondary N) is 1. The van der Waals surface area contributed by atoms with Gasteiger partial charge in [0.1, 0.15) is 5.82 Å². The standard InChI is InChI=1S/C15H11ClFNO2S3/c16-12-8-11(3-4-13(12)17)23(19,20)18-15(10-5-7-21-9-10)14-2-1-6-22-14/h1-9,15,18H. The van der Waals surface area contributed by atoms with Gasteiger partial charge in [0.15, 0.2) is 0 Å². The van der Waals surface area contributed by atoms with Gasteiger partial charge >= 0.3 is 0 Å². The van der Waals surface area contributed by atoms with Crippen molar-refractivity contribution in [2.24, 2.45) is 0 Å². The molecule has 2 aromatic heterocycles. The number of hydrogen-bond acceptors (Lipinski definition) is 4. The molecule has 0 radical (unpaired) electrons. The third kappa shape index (κ3) is 3.64. The van der Waals surface area contributed by atoms with E-state index in [-0.39, 0.29) is 9.92 Å². The van der Waals surface area contributed by atoms with Crippen LogP contribution in [0.15, 0.2) is 57.4 Å². The highest BCUT2D eigenvalue weighted by Crippen LogP contribution is 2.30. The Hall–Kier alpha value is -1.25. The first-order chi connectivity index (χ1) is 11.0. The minimum atomic E-state index is -3.84. The Morgan fingerprint density at radius 1 is 1.17 bits per heavy atom. The maximum atomic E-state index is 13.3. The van der Waals surface area contributed by atoms with E-state index in [0.717, 1.165) is 22.6 Å². The van der Waals surface area contributed by atoms with Crippen LogP contribution in [0.2, 0.25) is 5.02 Å². The van der Waals surface area contributed by atoms with Gasteiger partial charge in [0.05, 0.1) is 16.0 Å². The van der Waals surface area contributed by atoms with Crippen LogP contribution < -0.4 is 4.72 Å². The molecular formula is C15H11ClFNO2S3. The molecule has 0 fully saturated rings. The summed E-state index contributed by atoms with van der Waals surface area (Å²) < 4.78 is 41.1. The van der Waals surface area contributed by atoms with E-state index in [1.807, 2.05) is 34.3 Å². The minimum Gasteiger partial charge on any atom is -0.207 e. The number of rotatable bonds is 5. The third-order valence-electron chi connectivity index (χ3n) is 3.18. The Labute approximate surface area is 146 Å². The quantitative estimate of drug-likeness (QED) is 0.691. The molecule has 23 heavy (non-hydrogen) atoms. The van der Waals surface area contributed by atoms with Gasteiger partial charge in [-0.05, 0) is 52.0 Å². The molecule has 0 amide bonds.